The van der Waals surface area contributed by atoms with Gasteiger partial charge in [0.25, 0.3) is 0 Å². The Hall–Kier alpha value is -1.89. The van der Waals surface area contributed by atoms with Crippen LogP contribution in [0.25, 0.3) is 16.7 Å². The Morgan fingerprint density at radius 1 is 1.39 bits per heavy atom. The second kappa shape index (κ2) is 3.81. The highest BCUT2D eigenvalue weighted by molar-refractivity contribution is 9.10. The number of nitrogen functional groups attached to an aromatic ring is 1. The van der Waals surface area contributed by atoms with Crippen molar-refractivity contribution in [2.24, 2.45) is 7.05 Å². The Morgan fingerprint density at radius 2 is 2.17 bits per heavy atom. The summed E-state index contributed by atoms with van der Waals surface area (Å²) in [5, 5.41) is 4.07. The van der Waals surface area contributed by atoms with Crippen LogP contribution < -0.4 is 5.73 Å². The van der Waals surface area contributed by atoms with Crippen LogP contribution in [0, 0.1) is 5.82 Å². The van der Waals surface area contributed by atoms with E-state index in [1.807, 2.05) is 0 Å². The van der Waals surface area contributed by atoms with E-state index in [-0.39, 0.29) is 5.82 Å². The topological polar surface area (TPSA) is 61.7 Å². The summed E-state index contributed by atoms with van der Waals surface area (Å²) in [4.78, 5) is 4.21. The van der Waals surface area contributed by atoms with E-state index in [4.69, 9.17) is 5.73 Å². The SMILES string of the molecule is Cn1cc(-n2c(N)nc3cc(Br)c(F)cc32)cn1. The van der Waals surface area contributed by atoms with E-state index in [1.54, 1.807) is 34.8 Å². The van der Waals surface area contributed by atoms with Crippen LogP contribution in [0.1, 0.15) is 0 Å². The van der Waals surface area contributed by atoms with Gasteiger partial charge in [-0.3, -0.25) is 9.25 Å². The first kappa shape index (κ1) is 11.2. The smallest absolute Gasteiger partial charge is 0.206 e. The molecule has 92 valence electrons. The van der Waals surface area contributed by atoms with E-state index in [0.29, 0.717) is 21.5 Å². The zero-order chi connectivity index (χ0) is 12.9. The molecule has 0 saturated carbocycles. The van der Waals surface area contributed by atoms with Crippen LogP contribution in [-0.4, -0.2) is 19.3 Å². The maximum Gasteiger partial charge on any atom is 0.206 e. The van der Waals surface area contributed by atoms with Crippen molar-refractivity contribution in [2.75, 3.05) is 5.73 Å². The third kappa shape index (κ3) is 1.59. The molecular weight excluding hydrogens is 301 g/mol. The maximum absolute atomic E-state index is 13.6. The summed E-state index contributed by atoms with van der Waals surface area (Å²) in [7, 11) is 1.80. The van der Waals surface area contributed by atoms with Gasteiger partial charge in [0.05, 0.1) is 27.4 Å². The van der Waals surface area contributed by atoms with Gasteiger partial charge in [-0.1, -0.05) is 0 Å². The maximum atomic E-state index is 13.6. The number of anilines is 1. The minimum Gasteiger partial charge on any atom is -0.369 e. The number of nitrogens with two attached hydrogens (primary N) is 1. The van der Waals surface area contributed by atoms with E-state index >= 15 is 0 Å². The molecule has 3 rings (SSSR count). The third-order valence-electron chi connectivity index (χ3n) is 2.67. The molecule has 0 spiro atoms. The summed E-state index contributed by atoms with van der Waals surface area (Å²) in [6, 6.07) is 3.00. The lowest BCUT2D eigenvalue weighted by Crippen LogP contribution is -1.99. The molecular formula is C11H9BrFN5. The van der Waals surface area contributed by atoms with Gasteiger partial charge >= 0.3 is 0 Å². The van der Waals surface area contributed by atoms with Crippen LogP contribution in [0.15, 0.2) is 29.0 Å². The normalized spacial score (nSPS) is 11.3. The van der Waals surface area contributed by atoms with Crippen molar-refractivity contribution >= 4 is 32.9 Å². The first-order valence-corrected chi connectivity index (χ1v) is 5.97. The Labute approximate surface area is 110 Å². The Balaban J connectivity index is 2.35. The summed E-state index contributed by atoms with van der Waals surface area (Å²) in [5.74, 6) is -0.0527. The average molecular weight is 310 g/mol. The highest BCUT2D eigenvalue weighted by atomic mass is 79.9. The molecule has 2 aromatic heterocycles. The second-order valence-corrected chi connectivity index (χ2v) is 4.79. The van der Waals surface area contributed by atoms with Crippen molar-refractivity contribution in [3.8, 4) is 5.69 Å². The van der Waals surface area contributed by atoms with E-state index in [2.05, 4.69) is 26.0 Å². The van der Waals surface area contributed by atoms with Gasteiger partial charge in [0, 0.05) is 19.3 Å². The van der Waals surface area contributed by atoms with Gasteiger partial charge in [0.2, 0.25) is 5.95 Å². The zero-order valence-corrected chi connectivity index (χ0v) is 11.0. The largest absolute Gasteiger partial charge is 0.369 e. The van der Waals surface area contributed by atoms with Crippen molar-refractivity contribution in [1.82, 2.24) is 19.3 Å². The van der Waals surface area contributed by atoms with Gasteiger partial charge < -0.3 is 5.73 Å². The molecule has 1 aromatic carbocycles. The summed E-state index contributed by atoms with van der Waals surface area (Å²) < 4.78 is 17.3. The van der Waals surface area contributed by atoms with Crippen LogP contribution in [0.2, 0.25) is 0 Å². The van der Waals surface area contributed by atoms with E-state index in [0.717, 1.165) is 5.69 Å². The molecule has 0 atom stereocenters. The number of aromatic nitrogens is 4. The van der Waals surface area contributed by atoms with E-state index in [9.17, 15) is 4.39 Å². The predicted molar refractivity (Wildman–Crippen MR) is 69.9 cm³/mol. The highest BCUT2D eigenvalue weighted by Gasteiger charge is 2.13. The quantitative estimate of drug-likeness (QED) is 0.750. The summed E-state index contributed by atoms with van der Waals surface area (Å²) >= 11 is 3.13. The number of hydrogen-bond acceptors (Lipinski definition) is 3. The number of hydrogen-bond donors (Lipinski definition) is 1. The summed E-state index contributed by atoms with van der Waals surface area (Å²) in [6.45, 7) is 0. The van der Waals surface area contributed by atoms with E-state index < -0.39 is 0 Å². The van der Waals surface area contributed by atoms with Gasteiger partial charge in [-0.25, -0.2) is 9.37 Å². The number of fused-ring (bicyclic) bond motifs is 1. The van der Waals surface area contributed by atoms with Crippen molar-refractivity contribution in [3.05, 3.63) is 34.8 Å². The fourth-order valence-electron chi connectivity index (χ4n) is 1.89. The predicted octanol–water partition coefficient (Wildman–Crippen LogP) is 2.24. The minimum absolute atomic E-state index is 0.301. The minimum atomic E-state index is -0.354. The Kier molecular flexibility index (Phi) is 2.37. The fourth-order valence-corrected chi connectivity index (χ4v) is 2.22. The monoisotopic (exact) mass is 309 g/mol. The number of aryl methyl sites for hydroxylation is 1. The van der Waals surface area contributed by atoms with Gasteiger partial charge in [-0.05, 0) is 22.0 Å². The van der Waals surface area contributed by atoms with Gasteiger partial charge in [-0.15, -0.1) is 0 Å². The van der Waals surface area contributed by atoms with Crippen molar-refractivity contribution in [2.45, 2.75) is 0 Å². The average Bonchev–Trinajstić information content (AvgIpc) is 2.83. The zero-order valence-electron chi connectivity index (χ0n) is 9.43. The van der Waals surface area contributed by atoms with Crippen LogP contribution >= 0.6 is 15.9 Å². The molecule has 5 nitrogen and oxygen atoms in total. The molecule has 0 saturated heterocycles. The van der Waals surface area contributed by atoms with Crippen LogP contribution in [0.5, 0.6) is 0 Å². The molecule has 0 aliphatic carbocycles. The lowest BCUT2D eigenvalue weighted by Gasteiger charge is -2.02. The second-order valence-electron chi connectivity index (χ2n) is 3.93. The van der Waals surface area contributed by atoms with Crippen molar-refractivity contribution < 1.29 is 4.39 Å². The summed E-state index contributed by atoms with van der Waals surface area (Å²) in [5.41, 5.74) is 7.86. The lowest BCUT2D eigenvalue weighted by atomic mass is 10.3. The lowest BCUT2D eigenvalue weighted by molar-refractivity contribution is 0.622. The molecule has 0 amide bonds. The number of nitrogens with zero attached hydrogens (tertiary/aromatic N) is 4. The number of benzene rings is 1. The standard InChI is InChI=1S/C11H9BrFN5/c1-17-5-6(4-15-17)18-10-3-8(13)7(12)2-9(10)16-11(18)14/h2-5H,1H3,(H2,14,16). The van der Waals surface area contributed by atoms with Crippen molar-refractivity contribution in [1.29, 1.82) is 0 Å². The summed E-state index contributed by atoms with van der Waals surface area (Å²) in [6.07, 6.45) is 3.44. The number of halogens is 2. The van der Waals surface area contributed by atoms with Crippen molar-refractivity contribution in [3.63, 3.8) is 0 Å². The first-order chi connectivity index (χ1) is 8.56. The molecule has 7 heteroatoms. The van der Waals surface area contributed by atoms with E-state index in [1.165, 1.54) is 6.07 Å². The van der Waals surface area contributed by atoms with Crippen LogP contribution in [0.4, 0.5) is 10.3 Å². The number of rotatable bonds is 1. The van der Waals surface area contributed by atoms with Gasteiger partial charge in [-0.2, -0.15) is 5.10 Å². The molecule has 0 aliphatic rings. The third-order valence-corrected chi connectivity index (χ3v) is 3.28. The molecule has 3 aromatic rings. The molecule has 0 fully saturated rings. The van der Waals surface area contributed by atoms with Gasteiger partial charge in [0.15, 0.2) is 0 Å². The molecule has 0 unspecified atom stereocenters. The number of imidazole rings is 1. The molecule has 2 heterocycles. The molecule has 0 radical (unpaired) electrons. The fraction of sp³-hybridized carbons (Fsp3) is 0.0909. The highest BCUT2D eigenvalue weighted by Crippen LogP contribution is 2.27. The molecule has 0 bridgehead atoms. The Bertz CT molecular complexity index is 745. The first-order valence-electron chi connectivity index (χ1n) is 5.18. The van der Waals surface area contributed by atoms with Gasteiger partial charge in [0.1, 0.15) is 5.82 Å². The Morgan fingerprint density at radius 3 is 2.83 bits per heavy atom. The molecule has 2 N–H and O–H groups in total. The molecule has 0 aliphatic heterocycles. The van der Waals surface area contributed by atoms with Crippen LogP contribution in [0.3, 0.4) is 0 Å². The van der Waals surface area contributed by atoms with Crippen LogP contribution in [-0.2, 0) is 7.05 Å². The molecule has 18 heavy (non-hydrogen) atoms.